The van der Waals surface area contributed by atoms with Crippen LogP contribution in [0.5, 0.6) is 0 Å². The molecule has 2 aromatic heterocycles. The van der Waals surface area contributed by atoms with Crippen molar-refractivity contribution >= 4 is 33.6 Å². The zero-order valence-corrected chi connectivity index (χ0v) is 16.9. The number of H-pyrrole nitrogens is 1. The number of nitrogens with one attached hydrogen (secondary N) is 1. The van der Waals surface area contributed by atoms with Gasteiger partial charge < -0.3 is 9.72 Å². The Hall–Kier alpha value is -3.74. The lowest BCUT2D eigenvalue weighted by atomic mass is 10.1. The summed E-state index contributed by atoms with van der Waals surface area (Å²) in [5.74, 6) is -0.143. The molecule has 0 fully saturated rings. The van der Waals surface area contributed by atoms with E-state index >= 15 is 0 Å². The third kappa shape index (κ3) is 3.52. The lowest BCUT2D eigenvalue weighted by molar-refractivity contribution is 0.0475. The van der Waals surface area contributed by atoms with Gasteiger partial charge >= 0.3 is 5.97 Å². The zero-order valence-electron chi connectivity index (χ0n) is 16.9. The van der Waals surface area contributed by atoms with Crippen LogP contribution in [0.4, 0.5) is 0 Å². The van der Waals surface area contributed by atoms with Gasteiger partial charge in [0.1, 0.15) is 5.82 Å². The monoisotopic (exact) mass is 415 g/mol. The van der Waals surface area contributed by atoms with Crippen LogP contribution in [0.2, 0.25) is 0 Å². The minimum atomic E-state index is -0.619. The first-order chi connectivity index (χ1) is 15.1. The number of rotatable bonds is 4. The van der Waals surface area contributed by atoms with Crippen LogP contribution in [0.3, 0.4) is 0 Å². The Morgan fingerprint density at radius 3 is 2.84 bits per heavy atom. The maximum atomic E-state index is 12.8. The smallest absolute Gasteiger partial charge is 0.338 e. The van der Waals surface area contributed by atoms with Crippen LogP contribution in [0.15, 0.2) is 53.5 Å². The first kappa shape index (κ1) is 19.2. The van der Waals surface area contributed by atoms with Crippen LogP contribution < -0.4 is 5.56 Å². The summed E-state index contributed by atoms with van der Waals surface area (Å²) in [4.78, 5) is 45.6. The highest BCUT2D eigenvalue weighted by molar-refractivity contribution is 6.09. The number of carbonyl (C=O) groups is 2. The number of Topliss-reactive ketones (excluding diaryl/α,β-unsaturated/α-hetero) is 1. The van der Waals surface area contributed by atoms with Gasteiger partial charge in [-0.05, 0) is 37.1 Å². The quantitative estimate of drug-likeness (QED) is 0.406. The molecule has 2 aromatic carbocycles. The average Bonchev–Trinajstić information content (AvgIpc) is 3.08. The molecule has 0 saturated heterocycles. The van der Waals surface area contributed by atoms with Crippen molar-refractivity contribution in [1.29, 1.82) is 0 Å². The first-order valence-corrected chi connectivity index (χ1v) is 10.4. The second-order valence-electron chi connectivity index (χ2n) is 7.77. The average molecular weight is 415 g/mol. The summed E-state index contributed by atoms with van der Waals surface area (Å²) < 4.78 is 7.00. The molecule has 0 unspecified atom stereocenters. The van der Waals surface area contributed by atoms with Crippen LogP contribution in [-0.4, -0.2) is 32.9 Å². The van der Waals surface area contributed by atoms with Crippen molar-refractivity contribution in [1.82, 2.24) is 14.5 Å². The Kier molecular flexibility index (Phi) is 4.86. The van der Waals surface area contributed by atoms with Gasteiger partial charge in [-0.2, -0.15) is 0 Å². The summed E-state index contributed by atoms with van der Waals surface area (Å²) in [6.45, 7) is 0.315. The first-order valence-electron chi connectivity index (χ1n) is 10.4. The molecule has 4 aromatic rings. The molecule has 0 bridgehead atoms. The third-order valence-corrected chi connectivity index (χ3v) is 5.78. The van der Waals surface area contributed by atoms with Crippen LogP contribution in [0.25, 0.3) is 21.8 Å². The molecule has 1 aliphatic rings. The summed E-state index contributed by atoms with van der Waals surface area (Å²) in [7, 11) is 0. The summed E-state index contributed by atoms with van der Waals surface area (Å²) in [6, 6.07) is 12.2. The van der Waals surface area contributed by atoms with Gasteiger partial charge in [-0.3, -0.25) is 14.2 Å². The van der Waals surface area contributed by atoms with E-state index in [4.69, 9.17) is 4.74 Å². The van der Waals surface area contributed by atoms with E-state index in [1.807, 2.05) is 24.3 Å². The van der Waals surface area contributed by atoms with Crippen LogP contribution in [0, 0.1) is 0 Å². The number of fused-ring (bicyclic) bond motifs is 3. The molecule has 156 valence electrons. The summed E-state index contributed by atoms with van der Waals surface area (Å²) in [6.07, 6.45) is 5.41. The predicted octanol–water partition coefficient (Wildman–Crippen LogP) is 3.64. The van der Waals surface area contributed by atoms with Crippen molar-refractivity contribution in [2.75, 3.05) is 6.61 Å². The molecule has 7 nitrogen and oxygen atoms in total. The molecule has 3 heterocycles. The largest absolute Gasteiger partial charge is 0.454 e. The van der Waals surface area contributed by atoms with Gasteiger partial charge in [0, 0.05) is 35.6 Å². The Morgan fingerprint density at radius 2 is 1.94 bits per heavy atom. The Morgan fingerprint density at radius 1 is 1.06 bits per heavy atom. The third-order valence-electron chi connectivity index (χ3n) is 5.78. The highest BCUT2D eigenvalue weighted by Crippen LogP contribution is 2.19. The molecule has 7 heteroatoms. The highest BCUT2D eigenvalue weighted by atomic mass is 16.5. The Balaban J connectivity index is 1.37. The van der Waals surface area contributed by atoms with E-state index in [0.29, 0.717) is 23.0 Å². The highest BCUT2D eigenvalue weighted by Gasteiger charge is 2.18. The number of ether oxygens (including phenoxy) is 1. The standard InChI is InChI=1S/C24H21N3O4/c28-21(18-13-25-19-7-4-3-6-16(18)19)14-31-24(30)15-9-10-17-20(12-15)26-22-8-2-1-5-11-27(22)23(17)29/h3-4,6-7,9-10,12-13,25H,1-2,5,8,11,14H2. The molecule has 5 rings (SSSR count). The van der Waals surface area contributed by atoms with Gasteiger partial charge in [-0.15, -0.1) is 0 Å². The van der Waals surface area contributed by atoms with Gasteiger partial charge in [0.2, 0.25) is 5.78 Å². The Labute approximate surface area is 177 Å². The van der Waals surface area contributed by atoms with Crippen molar-refractivity contribution in [3.05, 3.63) is 76.0 Å². The minimum Gasteiger partial charge on any atom is -0.454 e. The maximum Gasteiger partial charge on any atom is 0.338 e. The number of benzene rings is 2. The SMILES string of the molecule is O=C(OCC(=O)c1c[nH]c2ccccc12)c1ccc2c(=O)n3c(nc2c1)CCCCC3. The van der Waals surface area contributed by atoms with Gasteiger partial charge in [-0.25, -0.2) is 9.78 Å². The van der Waals surface area contributed by atoms with Crippen molar-refractivity contribution in [3.8, 4) is 0 Å². The lowest BCUT2D eigenvalue weighted by Crippen LogP contribution is -2.24. The van der Waals surface area contributed by atoms with Crippen molar-refractivity contribution < 1.29 is 14.3 Å². The van der Waals surface area contributed by atoms with Crippen molar-refractivity contribution in [2.24, 2.45) is 0 Å². The van der Waals surface area contributed by atoms with Crippen molar-refractivity contribution in [3.63, 3.8) is 0 Å². The second kappa shape index (κ2) is 7.83. The molecule has 1 N–H and O–H groups in total. The van der Waals surface area contributed by atoms with E-state index in [1.54, 1.807) is 29.0 Å². The topological polar surface area (TPSA) is 94.0 Å². The summed E-state index contributed by atoms with van der Waals surface area (Å²) >= 11 is 0. The van der Waals surface area contributed by atoms with E-state index in [-0.39, 0.29) is 23.5 Å². The molecule has 31 heavy (non-hydrogen) atoms. The van der Waals surface area contributed by atoms with E-state index < -0.39 is 5.97 Å². The molecule has 0 aliphatic carbocycles. The van der Waals surface area contributed by atoms with E-state index in [0.717, 1.165) is 42.4 Å². The number of aromatic amines is 1. The van der Waals surface area contributed by atoms with Crippen LogP contribution >= 0.6 is 0 Å². The van der Waals surface area contributed by atoms with Gasteiger partial charge in [0.05, 0.1) is 16.5 Å². The number of aryl methyl sites for hydroxylation is 1. The number of para-hydroxylation sites is 1. The molecule has 0 saturated carbocycles. The molecule has 0 atom stereocenters. The maximum absolute atomic E-state index is 12.8. The Bertz CT molecular complexity index is 1380. The van der Waals surface area contributed by atoms with Gasteiger partial charge in [0.15, 0.2) is 6.61 Å². The summed E-state index contributed by atoms with van der Waals surface area (Å²) in [5, 5.41) is 1.27. The van der Waals surface area contributed by atoms with E-state index in [1.165, 1.54) is 0 Å². The number of nitrogens with zero attached hydrogens (tertiary/aromatic N) is 2. The van der Waals surface area contributed by atoms with Crippen molar-refractivity contribution in [2.45, 2.75) is 32.2 Å². The number of hydrogen-bond acceptors (Lipinski definition) is 5. The fourth-order valence-corrected chi connectivity index (χ4v) is 4.14. The molecule has 0 spiro atoms. The summed E-state index contributed by atoms with van der Waals surface area (Å²) in [5.41, 5.74) is 2.01. The number of aromatic nitrogens is 3. The van der Waals surface area contributed by atoms with Gasteiger partial charge in [0.25, 0.3) is 5.56 Å². The molecule has 0 amide bonds. The second-order valence-corrected chi connectivity index (χ2v) is 7.77. The molecular formula is C24H21N3O4. The van der Waals surface area contributed by atoms with E-state index in [2.05, 4.69) is 9.97 Å². The lowest BCUT2D eigenvalue weighted by Gasteiger charge is -2.11. The molecular weight excluding hydrogens is 394 g/mol. The zero-order chi connectivity index (χ0) is 21.4. The van der Waals surface area contributed by atoms with Crippen LogP contribution in [-0.2, 0) is 17.7 Å². The number of carbonyl (C=O) groups excluding carboxylic acids is 2. The number of hydrogen-bond donors (Lipinski definition) is 1. The minimum absolute atomic E-state index is 0.0728. The number of ketones is 1. The van der Waals surface area contributed by atoms with E-state index in [9.17, 15) is 14.4 Å². The predicted molar refractivity (Wildman–Crippen MR) is 116 cm³/mol. The molecule has 0 radical (unpaired) electrons. The fourth-order valence-electron chi connectivity index (χ4n) is 4.14. The van der Waals surface area contributed by atoms with Gasteiger partial charge in [-0.1, -0.05) is 24.6 Å². The molecule has 1 aliphatic heterocycles. The van der Waals surface area contributed by atoms with Crippen LogP contribution in [0.1, 0.15) is 45.8 Å². The normalized spacial score (nSPS) is 13.7. The fraction of sp³-hybridized carbons (Fsp3) is 0.250. The number of esters is 1.